The summed E-state index contributed by atoms with van der Waals surface area (Å²) in [5, 5.41) is 10.1. The van der Waals surface area contributed by atoms with E-state index in [0.717, 1.165) is 0 Å². The largest absolute Gasteiger partial charge is 0.338 e. The molecule has 0 aromatic heterocycles. The van der Waals surface area contributed by atoms with Crippen molar-refractivity contribution in [3.05, 3.63) is 39.9 Å². The number of alkyl halides is 1. The fourth-order valence-corrected chi connectivity index (χ4v) is 1.75. The molecule has 0 fully saturated rings. The Morgan fingerprint density at radius 1 is 1.44 bits per heavy atom. The van der Waals surface area contributed by atoms with E-state index in [9.17, 15) is 14.9 Å². The lowest BCUT2D eigenvalue weighted by Crippen LogP contribution is -2.34. The summed E-state index contributed by atoms with van der Waals surface area (Å²) in [6.45, 7) is 3.40. The molecule has 1 aromatic carbocycles. The number of hydrogen-bond acceptors (Lipinski definition) is 3. The Balaban J connectivity index is 2.96. The van der Waals surface area contributed by atoms with E-state index in [-0.39, 0.29) is 17.6 Å². The molecule has 0 radical (unpaired) electrons. The van der Waals surface area contributed by atoms with Gasteiger partial charge in [0.25, 0.3) is 5.69 Å². The van der Waals surface area contributed by atoms with Crippen molar-refractivity contribution in [3.8, 4) is 0 Å². The Morgan fingerprint density at radius 2 is 2.06 bits per heavy atom. The zero-order chi connectivity index (χ0) is 13.9. The second kappa shape index (κ2) is 5.82. The van der Waals surface area contributed by atoms with E-state index < -0.39 is 10.3 Å². The molecule has 0 aliphatic carbocycles. The summed E-state index contributed by atoms with van der Waals surface area (Å²) in [4.78, 5) is 23.5. The molecule has 5 nitrogen and oxygen atoms in total. The first-order valence-corrected chi connectivity index (χ1v) is 5.93. The first kappa shape index (κ1) is 14.4. The summed E-state index contributed by atoms with van der Waals surface area (Å²) >= 11 is 5.74. The number of non-ortho nitro benzene ring substituents is 1. The van der Waals surface area contributed by atoms with Crippen molar-refractivity contribution in [2.45, 2.75) is 25.3 Å². The minimum Gasteiger partial charge on any atom is -0.338 e. The number of nitro groups is 1. The summed E-state index contributed by atoms with van der Waals surface area (Å²) in [6.07, 6.45) is 0. The molecular weight excluding hydrogens is 256 g/mol. The number of nitro benzene ring substituents is 1. The zero-order valence-electron chi connectivity index (χ0n) is 10.5. The summed E-state index contributed by atoms with van der Waals surface area (Å²) in [5.74, 6) is -0.212. The van der Waals surface area contributed by atoms with Crippen LogP contribution >= 0.6 is 11.6 Å². The average molecular weight is 271 g/mol. The number of rotatable bonds is 4. The first-order valence-electron chi connectivity index (χ1n) is 5.49. The van der Waals surface area contributed by atoms with Crippen LogP contribution in [0.1, 0.15) is 25.5 Å². The van der Waals surface area contributed by atoms with Crippen LogP contribution in [0.2, 0.25) is 0 Å². The molecule has 0 saturated carbocycles. The Labute approximate surface area is 110 Å². The molecule has 0 saturated heterocycles. The van der Waals surface area contributed by atoms with Gasteiger partial charge in [0.05, 0.1) is 11.0 Å². The van der Waals surface area contributed by atoms with Crippen molar-refractivity contribution in [1.82, 2.24) is 4.90 Å². The lowest BCUT2D eigenvalue weighted by atomic mass is 10.1. The maximum absolute atomic E-state index is 11.7. The van der Waals surface area contributed by atoms with E-state index in [0.29, 0.717) is 5.56 Å². The summed E-state index contributed by atoms with van der Waals surface area (Å²) in [5.41, 5.74) is 0.719. The van der Waals surface area contributed by atoms with Crippen LogP contribution in [0.3, 0.4) is 0 Å². The van der Waals surface area contributed by atoms with E-state index in [1.807, 2.05) is 0 Å². The molecule has 1 amide bonds. The van der Waals surface area contributed by atoms with E-state index in [1.54, 1.807) is 33.0 Å². The number of halogens is 1. The van der Waals surface area contributed by atoms with E-state index in [2.05, 4.69) is 0 Å². The molecule has 0 bridgehead atoms. The lowest BCUT2D eigenvalue weighted by Gasteiger charge is -2.26. The molecule has 0 aliphatic rings. The molecule has 0 aliphatic heterocycles. The highest BCUT2D eigenvalue weighted by molar-refractivity contribution is 6.30. The normalized spacial score (nSPS) is 13.8. The van der Waals surface area contributed by atoms with Crippen molar-refractivity contribution in [3.63, 3.8) is 0 Å². The van der Waals surface area contributed by atoms with E-state index in [4.69, 9.17) is 11.6 Å². The number of amides is 1. The predicted octanol–water partition coefficient (Wildman–Crippen LogP) is 2.74. The average Bonchev–Trinajstić information content (AvgIpc) is 2.36. The third kappa shape index (κ3) is 3.20. The molecule has 98 valence electrons. The number of nitrogens with zero attached hydrogens (tertiary/aromatic N) is 2. The molecule has 0 spiro atoms. The second-order valence-electron chi connectivity index (χ2n) is 4.09. The summed E-state index contributed by atoms with van der Waals surface area (Å²) in [7, 11) is 1.63. The van der Waals surface area contributed by atoms with E-state index in [1.165, 1.54) is 17.0 Å². The van der Waals surface area contributed by atoms with Gasteiger partial charge in [-0.3, -0.25) is 14.9 Å². The number of benzene rings is 1. The van der Waals surface area contributed by atoms with Crippen molar-refractivity contribution < 1.29 is 9.72 Å². The maximum Gasteiger partial charge on any atom is 0.269 e. The van der Waals surface area contributed by atoms with Crippen LogP contribution < -0.4 is 0 Å². The predicted molar refractivity (Wildman–Crippen MR) is 69.6 cm³/mol. The highest BCUT2D eigenvalue weighted by atomic mass is 35.5. The van der Waals surface area contributed by atoms with Crippen LogP contribution in [0.4, 0.5) is 5.69 Å². The molecule has 0 N–H and O–H groups in total. The number of hydrogen-bond donors (Lipinski definition) is 0. The van der Waals surface area contributed by atoms with Gasteiger partial charge in [0.2, 0.25) is 5.91 Å². The summed E-state index contributed by atoms with van der Waals surface area (Å²) in [6, 6.07) is 5.97. The molecule has 2 unspecified atom stereocenters. The van der Waals surface area contributed by atoms with Crippen LogP contribution in [-0.4, -0.2) is 28.2 Å². The van der Waals surface area contributed by atoms with Gasteiger partial charge in [-0.1, -0.05) is 12.1 Å². The van der Waals surface area contributed by atoms with Gasteiger partial charge in [0.15, 0.2) is 0 Å². The van der Waals surface area contributed by atoms with Gasteiger partial charge in [-0.05, 0) is 19.4 Å². The highest BCUT2D eigenvalue weighted by Gasteiger charge is 2.22. The molecular formula is C12H15ClN2O3. The van der Waals surface area contributed by atoms with Gasteiger partial charge < -0.3 is 4.90 Å². The SMILES string of the molecule is CC(Cl)C(=O)N(C)C(C)c1cccc([N+](=O)[O-])c1. The van der Waals surface area contributed by atoms with Gasteiger partial charge in [-0.2, -0.15) is 0 Å². The fourth-order valence-electron chi connectivity index (χ4n) is 1.59. The highest BCUT2D eigenvalue weighted by Crippen LogP contribution is 2.23. The van der Waals surface area contributed by atoms with Gasteiger partial charge in [0.1, 0.15) is 5.38 Å². The molecule has 6 heteroatoms. The van der Waals surface area contributed by atoms with Crippen LogP contribution in [0.25, 0.3) is 0 Å². The van der Waals surface area contributed by atoms with Crippen molar-refractivity contribution in [2.24, 2.45) is 0 Å². The maximum atomic E-state index is 11.7. The number of carbonyl (C=O) groups excluding carboxylic acids is 1. The molecule has 18 heavy (non-hydrogen) atoms. The quantitative estimate of drug-likeness (QED) is 0.480. The zero-order valence-corrected chi connectivity index (χ0v) is 11.2. The van der Waals surface area contributed by atoms with Crippen LogP contribution in [-0.2, 0) is 4.79 Å². The van der Waals surface area contributed by atoms with Crippen molar-refractivity contribution in [1.29, 1.82) is 0 Å². The Hall–Kier alpha value is -1.62. The van der Waals surface area contributed by atoms with Gasteiger partial charge in [0, 0.05) is 19.2 Å². The van der Waals surface area contributed by atoms with Crippen molar-refractivity contribution in [2.75, 3.05) is 7.05 Å². The topological polar surface area (TPSA) is 63.5 Å². The Kier molecular flexibility index (Phi) is 4.67. The third-order valence-corrected chi connectivity index (χ3v) is 3.02. The number of carbonyl (C=O) groups is 1. The van der Waals surface area contributed by atoms with E-state index >= 15 is 0 Å². The van der Waals surface area contributed by atoms with Crippen LogP contribution in [0, 0.1) is 10.1 Å². The fraction of sp³-hybridized carbons (Fsp3) is 0.417. The Bertz CT molecular complexity index is 462. The van der Waals surface area contributed by atoms with Gasteiger partial charge >= 0.3 is 0 Å². The molecule has 1 aromatic rings. The van der Waals surface area contributed by atoms with Gasteiger partial charge in [-0.15, -0.1) is 11.6 Å². The Morgan fingerprint density at radius 3 is 2.56 bits per heavy atom. The standard InChI is InChI=1S/C12H15ClN2O3/c1-8(13)12(16)14(3)9(2)10-5-4-6-11(7-10)15(17)18/h4-9H,1-3H3. The van der Waals surface area contributed by atoms with Crippen LogP contribution in [0.15, 0.2) is 24.3 Å². The molecule has 2 atom stereocenters. The minimum absolute atomic E-state index is 0.0131. The molecule has 1 rings (SSSR count). The monoisotopic (exact) mass is 270 g/mol. The first-order chi connectivity index (χ1) is 8.34. The second-order valence-corrected chi connectivity index (χ2v) is 4.75. The summed E-state index contributed by atoms with van der Waals surface area (Å²) < 4.78 is 0. The smallest absolute Gasteiger partial charge is 0.269 e. The van der Waals surface area contributed by atoms with Crippen molar-refractivity contribution >= 4 is 23.2 Å². The minimum atomic E-state index is -0.615. The molecule has 0 heterocycles. The van der Waals surface area contributed by atoms with Crippen LogP contribution in [0.5, 0.6) is 0 Å². The van der Waals surface area contributed by atoms with Gasteiger partial charge in [-0.25, -0.2) is 0 Å². The third-order valence-electron chi connectivity index (χ3n) is 2.83. The lowest BCUT2D eigenvalue weighted by molar-refractivity contribution is -0.384.